The van der Waals surface area contributed by atoms with Crippen LogP contribution in [0.1, 0.15) is 11.7 Å². The maximum Gasteiger partial charge on any atom is 0.214 e. The number of aromatic amines is 1. The van der Waals surface area contributed by atoms with Crippen molar-refractivity contribution in [3.63, 3.8) is 0 Å². The second kappa shape index (κ2) is 4.57. The Morgan fingerprint density at radius 3 is 3.00 bits per heavy atom. The van der Waals surface area contributed by atoms with E-state index in [1.165, 1.54) is 6.07 Å². The van der Waals surface area contributed by atoms with Gasteiger partial charge in [-0.2, -0.15) is 0 Å². The molecular formula is C12H9BrFN3OS. The van der Waals surface area contributed by atoms with Crippen LogP contribution in [0.2, 0.25) is 0 Å². The molecule has 2 aromatic heterocycles. The maximum atomic E-state index is 13.5. The molecule has 3 rings (SSSR count). The molecule has 0 aliphatic rings. The number of H-pyrrole nitrogens is 1. The summed E-state index contributed by atoms with van der Waals surface area (Å²) in [6, 6.07) is 3.10. The molecule has 7 heteroatoms. The predicted octanol–water partition coefficient (Wildman–Crippen LogP) is 3.95. The van der Waals surface area contributed by atoms with E-state index in [1.807, 2.05) is 11.5 Å². The second-order valence-corrected chi connectivity index (χ2v) is 5.41. The van der Waals surface area contributed by atoms with Crippen LogP contribution >= 0.6 is 28.1 Å². The summed E-state index contributed by atoms with van der Waals surface area (Å²) in [5.74, 6) is 0.978. The molecule has 1 N–H and O–H groups in total. The summed E-state index contributed by atoms with van der Waals surface area (Å²) in [5, 5.41) is 0. The molecule has 0 unspecified atom stereocenters. The lowest BCUT2D eigenvalue weighted by Crippen LogP contribution is -1.99. The Labute approximate surface area is 121 Å². The van der Waals surface area contributed by atoms with Gasteiger partial charge < -0.3 is 14.0 Å². The highest BCUT2D eigenvalue weighted by molar-refractivity contribution is 9.10. The smallest absolute Gasteiger partial charge is 0.214 e. The average molecular weight is 342 g/mol. The van der Waals surface area contributed by atoms with E-state index < -0.39 is 0 Å². The van der Waals surface area contributed by atoms with Crippen molar-refractivity contribution < 1.29 is 8.81 Å². The maximum absolute atomic E-state index is 13.5. The summed E-state index contributed by atoms with van der Waals surface area (Å²) in [6.45, 7) is 2.24. The first kappa shape index (κ1) is 12.6. The van der Waals surface area contributed by atoms with Gasteiger partial charge in [0.1, 0.15) is 18.1 Å². The van der Waals surface area contributed by atoms with Gasteiger partial charge in [-0.3, -0.25) is 0 Å². The normalized spacial score (nSPS) is 11.3. The molecule has 3 aromatic rings. The molecule has 0 radical (unpaired) electrons. The van der Waals surface area contributed by atoms with Crippen LogP contribution in [0.5, 0.6) is 0 Å². The number of nitrogens with zero attached hydrogens (tertiary/aromatic N) is 2. The van der Waals surface area contributed by atoms with E-state index in [4.69, 9.17) is 16.6 Å². The summed E-state index contributed by atoms with van der Waals surface area (Å²) in [5.41, 5.74) is 1.45. The van der Waals surface area contributed by atoms with Crippen LogP contribution in [0, 0.1) is 17.5 Å². The van der Waals surface area contributed by atoms with Crippen molar-refractivity contribution in [3.8, 4) is 0 Å². The molecule has 0 atom stereocenters. The molecule has 98 valence electrons. The quantitative estimate of drug-likeness (QED) is 0.718. The molecule has 0 spiro atoms. The first-order valence-corrected chi connectivity index (χ1v) is 6.73. The Kier molecular flexibility index (Phi) is 3.02. The van der Waals surface area contributed by atoms with Crippen molar-refractivity contribution >= 4 is 39.2 Å². The van der Waals surface area contributed by atoms with E-state index in [9.17, 15) is 4.39 Å². The van der Waals surface area contributed by atoms with Crippen LogP contribution in [-0.2, 0) is 6.54 Å². The third-order valence-corrected chi connectivity index (χ3v) is 3.71. The molecule has 0 aliphatic heterocycles. The molecular weight excluding hydrogens is 333 g/mol. The molecule has 1 aromatic carbocycles. The SMILES string of the molecule is Cc1cnc(Cn2c(=S)[nH]c3cc(F)c(Br)cc32)o1. The van der Waals surface area contributed by atoms with Gasteiger partial charge in [-0.25, -0.2) is 9.37 Å². The van der Waals surface area contributed by atoms with Gasteiger partial charge in [-0.1, -0.05) is 0 Å². The molecule has 0 bridgehead atoms. The minimum atomic E-state index is -0.331. The fourth-order valence-electron chi connectivity index (χ4n) is 1.92. The zero-order chi connectivity index (χ0) is 13.6. The lowest BCUT2D eigenvalue weighted by atomic mass is 10.3. The summed E-state index contributed by atoms with van der Waals surface area (Å²) < 4.78 is 21.6. The molecule has 4 nitrogen and oxygen atoms in total. The first-order valence-electron chi connectivity index (χ1n) is 5.53. The Morgan fingerprint density at radius 1 is 1.53 bits per heavy atom. The Bertz CT molecular complexity index is 820. The number of aromatic nitrogens is 3. The number of hydrogen-bond acceptors (Lipinski definition) is 3. The monoisotopic (exact) mass is 341 g/mol. The van der Waals surface area contributed by atoms with Gasteiger partial charge in [0, 0.05) is 6.07 Å². The lowest BCUT2D eigenvalue weighted by molar-refractivity contribution is 0.459. The molecule has 2 heterocycles. The molecule has 0 aliphatic carbocycles. The van der Waals surface area contributed by atoms with Gasteiger partial charge in [0.05, 0.1) is 21.7 Å². The predicted molar refractivity (Wildman–Crippen MR) is 75.1 cm³/mol. The molecule has 0 amide bonds. The number of oxazole rings is 1. The summed E-state index contributed by atoms with van der Waals surface area (Å²) in [7, 11) is 0. The number of rotatable bonds is 2. The van der Waals surface area contributed by atoms with Gasteiger partial charge >= 0.3 is 0 Å². The number of halogens is 2. The third kappa shape index (κ3) is 2.23. The number of nitrogens with one attached hydrogen (secondary N) is 1. The van der Waals surface area contributed by atoms with Gasteiger partial charge in [-0.05, 0) is 41.1 Å². The highest BCUT2D eigenvalue weighted by Gasteiger charge is 2.11. The molecule has 0 saturated carbocycles. The van der Waals surface area contributed by atoms with E-state index in [0.717, 1.165) is 11.3 Å². The first-order chi connectivity index (χ1) is 9.04. The van der Waals surface area contributed by atoms with Crippen LogP contribution in [0.25, 0.3) is 11.0 Å². The van der Waals surface area contributed by atoms with E-state index in [2.05, 4.69) is 25.9 Å². The van der Waals surface area contributed by atoms with Crippen molar-refractivity contribution in [2.24, 2.45) is 0 Å². The number of imidazole rings is 1. The van der Waals surface area contributed by atoms with Crippen LogP contribution in [0.3, 0.4) is 0 Å². The highest BCUT2D eigenvalue weighted by atomic mass is 79.9. The molecule has 0 fully saturated rings. The zero-order valence-electron chi connectivity index (χ0n) is 9.91. The minimum absolute atomic E-state index is 0.331. The van der Waals surface area contributed by atoms with Gasteiger partial charge in [0.15, 0.2) is 4.77 Å². The average Bonchev–Trinajstić information content (AvgIpc) is 2.87. The topological polar surface area (TPSA) is 46.8 Å². The van der Waals surface area contributed by atoms with Crippen molar-refractivity contribution in [3.05, 3.63) is 45.0 Å². The Balaban J connectivity index is 2.15. The van der Waals surface area contributed by atoms with Crippen LogP contribution < -0.4 is 0 Å². The van der Waals surface area contributed by atoms with E-state index in [0.29, 0.717) is 27.2 Å². The Morgan fingerprint density at radius 2 is 2.32 bits per heavy atom. The van der Waals surface area contributed by atoms with Crippen molar-refractivity contribution in [2.75, 3.05) is 0 Å². The van der Waals surface area contributed by atoms with E-state index in [-0.39, 0.29) is 5.82 Å². The van der Waals surface area contributed by atoms with E-state index in [1.54, 1.807) is 12.3 Å². The third-order valence-electron chi connectivity index (χ3n) is 2.78. The van der Waals surface area contributed by atoms with Gasteiger partial charge in [-0.15, -0.1) is 0 Å². The fraction of sp³-hybridized carbons (Fsp3) is 0.167. The zero-order valence-corrected chi connectivity index (χ0v) is 12.3. The number of benzene rings is 1. The van der Waals surface area contributed by atoms with E-state index >= 15 is 0 Å². The summed E-state index contributed by atoms with van der Waals surface area (Å²) in [6.07, 6.45) is 1.66. The highest BCUT2D eigenvalue weighted by Crippen LogP contribution is 2.23. The fourth-order valence-corrected chi connectivity index (χ4v) is 2.52. The number of fused-ring (bicyclic) bond motifs is 1. The second-order valence-electron chi connectivity index (χ2n) is 4.16. The van der Waals surface area contributed by atoms with Crippen molar-refractivity contribution in [1.29, 1.82) is 0 Å². The largest absolute Gasteiger partial charge is 0.444 e. The van der Waals surface area contributed by atoms with Crippen LogP contribution in [0.15, 0.2) is 27.2 Å². The minimum Gasteiger partial charge on any atom is -0.444 e. The van der Waals surface area contributed by atoms with Crippen LogP contribution in [-0.4, -0.2) is 14.5 Å². The Hall–Kier alpha value is -1.47. The lowest BCUT2D eigenvalue weighted by Gasteiger charge is -2.02. The van der Waals surface area contributed by atoms with Gasteiger partial charge in [0.25, 0.3) is 0 Å². The summed E-state index contributed by atoms with van der Waals surface area (Å²) >= 11 is 8.42. The standard InChI is InChI=1S/C12H9BrFN3OS/c1-6-4-15-11(18-6)5-17-10-2-7(13)8(14)3-9(10)16-12(17)19/h2-4H,5H2,1H3,(H,16,19). The number of aryl methyl sites for hydroxylation is 1. The molecule has 0 saturated heterocycles. The summed E-state index contributed by atoms with van der Waals surface area (Å²) in [4.78, 5) is 7.11. The molecule has 19 heavy (non-hydrogen) atoms. The van der Waals surface area contributed by atoms with Crippen LogP contribution in [0.4, 0.5) is 4.39 Å². The van der Waals surface area contributed by atoms with Gasteiger partial charge in [0.2, 0.25) is 5.89 Å². The van der Waals surface area contributed by atoms with Crippen molar-refractivity contribution in [1.82, 2.24) is 14.5 Å². The van der Waals surface area contributed by atoms with Crippen molar-refractivity contribution in [2.45, 2.75) is 13.5 Å². The number of hydrogen-bond donors (Lipinski definition) is 1.